The van der Waals surface area contributed by atoms with Gasteiger partial charge in [-0.1, -0.05) is 49.0 Å². The Bertz CT molecular complexity index is 970. The molecule has 1 aromatic carbocycles. The molecule has 0 aliphatic heterocycles. The number of hydrogen-bond acceptors (Lipinski definition) is 7. The number of carbonyl (C=O) groups excluding carboxylic acids is 1. The monoisotopic (exact) mass is 382 g/mol. The number of benzene rings is 1. The van der Waals surface area contributed by atoms with Crippen LogP contribution >= 0.6 is 23.3 Å². The highest BCUT2D eigenvalue weighted by Gasteiger charge is 2.14. The maximum atomic E-state index is 12.3. The van der Waals surface area contributed by atoms with Crippen molar-refractivity contribution in [2.45, 2.75) is 12.1 Å². The van der Waals surface area contributed by atoms with Gasteiger partial charge in [0.2, 0.25) is 10.3 Å². The Kier molecular flexibility index (Phi) is 5.84. The number of nitrogens with zero attached hydrogens (tertiary/aromatic N) is 3. The number of nitrogens with one attached hydrogen (secondary N) is 1. The zero-order chi connectivity index (χ0) is 18.4. The van der Waals surface area contributed by atoms with Crippen LogP contribution in [0.15, 0.2) is 57.6 Å². The average Bonchev–Trinajstić information content (AvgIpc) is 3.30. The van der Waals surface area contributed by atoms with Crippen molar-refractivity contribution in [1.29, 1.82) is 5.26 Å². The second-order valence-electron chi connectivity index (χ2n) is 5.01. The van der Waals surface area contributed by atoms with E-state index in [1.165, 1.54) is 17.8 Å². The quantitative estimate of drug-likeness (QED) is 0.384. The first-order valence-corrected chi connectivity index (χ1v) is 9.50. The zero-order valence-electron chi connectivity index (χ0n) is 13.8. The summed E-state index contributed by atoms with van der Waals surface area (Å²) in [6.45, 7) is 1.99. The normalized spacial score (nSPS) is 11.2. The van der Waals surface area contributed by atoms with Crippen LogP contribution in [0.4, 0.5) is 5.13 Å². The van der Waals surface area contributed by atoms with Gasteiger partial charge in [0.25, 0.3) is 5.91 Å². The Hall–Kier alpha value is -2.89. The first kappa shape index (κ1) is 17.9. The van der Waals surface area contributed by atoms with Crippen LogP contribution in [0.2, 0.25) is 0 Å². The predicted octanol–water partition coefficient (Wildman–Crippen LogP) is 4.46. The molecule has 0 aliphatic rings. The number of furan rings is 1. The minimum absolute atomic E-state index is 0.0705. The molecule has 2 heterocycles. The van der Waals surface area contributed by atoms with Gasteiger partial charge in [0.15, 0.2) is 0 Å². The van der Waals surface area contributed by atoms with Gasteiger partial charge in [0.05, 0.1) is 0 Å². The molecular weight excluding hydrogens is 368 g/mol. The van der Waals surface area contributed by atoms with Gasteiger partial charge >= 0.3 is 0 Å². The fraction of sp³-hybridized carbons (Fsp3) is 0.111. The van der Waals surface area contributed by atoms with Gasteiger partial charge < -0.3 is 4.42 Å². The lowest BCUT2D eigenvalue weighted by Gasteiger charge is -1.98. The topological polar surface area (TPSA) is 91.8 Å². The fourth-order valence-corrected chi connectivity index (χ4v) is 3.36. The third-order valence-corrected chi connectivity index (χ3v) is 4.71. The van der Waals surface area contributed by atoms with Crippen LogP contribution in [0, 0.1) is 11.3 Å². The molecule has 8 heteroatoms. The van der Waals surface area contributed by atoms with Gasteiger partial charge in [-0.05, 0) is 17.9 Å². The Morgan fingerprint density at radius 1 is 1.35 bits per heavy atom. The summed E-state index contributed by atoms with van der Waals surface area (Å²) in [4.78, 5) is 16.5. The van der Waals surface area contributed by atoms with Crippen molar-refractivity contribution >= 4 is 40.4 Å². The zero-order valence-corrected chi connectivity index (χ0v) is 15.4. The summed E-state index contributed by atoms with van der Waals surface area (Å²) in [6, 6.07) is 15.0. The summed E-state index contributed by atoms with van der Waals surface area (Å²) >= 11 is 2.56. The predicted molar refractivity (Wildman–Crippen MR) is 103 cm³/mol. The van der Waals surface area contributed by atoms with Gasteiger partial charge in [-0.15, -0.1) is 0 Å². The molecule has 0 radical (unpaired) electrons. The molecule has 0 aliphatic carbocycles. The van der Waals surface area contributed by atoms with E-state index in [0.717, 1.165) is 22.8 Å². The molecule has 2 aromatic heterocycles. The van der Waals surface area contributed by atoms with Crippen LogP contribution in [0.25, 0.3) is 17.4 Å². The lowest BCUT2D eigenvalue weighted by atomic mass is 10.2. The number of aromatic nitrogens is 2. The summed E-state index contributed by atoms with van der Waals surface area (Å²) in [6.07, 6.45) is 1.41. The van der Waals surface area contributed by atoms with Crippen LogP contribution in [-0.4, -0.2) is 21.0 Å². The summed E-state index contributed by atoms with van der Waals surface area (Å²) in [7, 11) is 0. The number of anilines is 1. The first-order chi connectivity index (χ1) is 12.7. The van der Waals surface area contributed by atoms with E-state index in [9.17, 15) is 10.1 Å². The molecule has 0 saturated carbocycles. The Labute approximate surface area is 158 Å². The fourth-order valence-electron chi connectivity index (χ4n) is 2.09. The smallest absolute Gasteiger partial charge is 0.268 e. The molecule has 0 fully saturated rings. The lowest BCUT2D eigenvalue weighted by molar-refractivity contribution is -0.112. The maximum Gasteiger partial charge on any atom is 0.268 e. The van der Waals surface area contributed by atoms with E-state index in [4.69, 9.17) is 4.42 Å². The van der Waals surface area contributed by atoms with E-state index in [-0.39, 0.29) is 5.57 Å². The van der Waals surface area contributed by atoms with Crippen LogP contribution in [-0.2, 0) is 4.79 Å². The van der Waals surface area contributed by atoms with Crippen molar-refractivity contribution in [3.8, 4) is 17.4 Å². The van der Waals surface area contributed by atoms with Gasteiger partial charge in [-0.25, -0.2) is 0 Å². The van der Waals surface area contributed by atoms with Crippen molar-refractivity contribution in [1.82, 2.24) is 9.36 Å². The van der Waals surface area contributed by atoms with Crippen molar-refractivity contribution in [2.75, 3.05) is 11.1 Å². The number of carbonyl (C=O) groups is 1. The van der Waals surface area contributed by atoms with Crippen LogP contribution in [0.1, 0.15) is 12.7 Å². The average molecular weight is 382 g/mol. The highest BCUT2D eigenvalue weighted by atomic mass is 32.2. The minimum atomic E-state index is -0.547. The third kappa shape index (κ3) is 4.39. The van der Waals surface area contributed by atoms with Crippen LogP contribution in [0.5, 0.6) is 0 Å². The molecule has 0 spiro atoms. The summed E-state index contributed by atoms with van der Waals surface area (Å²) in [5.74, 6) is 1.39. The van der Waals surface area contributed by atoms with E-state index < -0.39 is 5.91 Å². The largest absolute Gasteiger partial charge is 0.457 e. The van der Waals surface area contributed by atoms with Gasteiger partial charge in [0.1, 0.15) is 23.2 Å². The van der Waals surface area contributed by atoms with E-state index >= 15 is 0 Å². The van der Waals surface area contributed by atoms with E-state index in [1.807, 2.05) is 43.3 Å². The second-order valence-corrected chi connectivity index (χ2v) is 6.99. The number of thioether (sulfide) groups is 1. The summed E-state index contributed by atoms with van der Waals surface area (Å²) in [5, 5.41) is 12.8. The highest BCUT2D eigenvalue weighted by Crippen LogP contribution is 2.24. The van der Waals surface area contributed by atoms with Gasteiger partial charge in [-0.2, -0.15) is 14.6 Å². The summed E-state index contributed by atoms with van der Waals surface area (Å²) < 4.78 is 9.83. The van der Waals surface area contributed by atoms with Gasteiger partial charge in [-0.3, -0.25) is 10.1 Å². The Morgan fingerprint density at radius 3 is 2.88 bits per heavy atom. The molecule has 6 nitrogen and oxygen atoms in total. The molecule has 3 rings (SSSR count). The van der Waals surface area contributed by atoms with Crippen molar-refractivity contribution in [3.05, 3.63) is 53.8 Å². The molecule has 0 atom stereocenters. The molecule has 26 heavy (non-hydrogen) atoms. The molecule has 1 amide bonds. The molecule has 1 N–H and O–H groups in total. The first-order valence-electron chi connectivity index (χ1n) is 7.74. The number of nitriles is 1. The Balaban J connectivity index is 1.74. The van der Waals surface area contributed by atoms with E-state index in [1.54, 1.807) is 12.1 Å². The van der Waals surface area contributed by atoms with Crippen molar-refractivity contribution in [3.63, 3.8) is 0 Å². The second kappa shape index (κ2) is 8.47. The third-order valence-electron chi connectivity index (χ3n) is 3.24. The molecule has 0 unspecified atom stereocenters. The van der Waals surface area contributed by atoms with Crippen LogP contribution in [0.3, 0.4) is 0 Å². The highest BCUT2D eigenvalue weighted by molar-refractivity contribution is 7.99. The maximum absolute atomic E-state index is 12.3. The number of hydrogen-bond donors (Lipinski definition) is 1. The number of rotatable bonds is 6. The van der Waals surface area contributed by atoms with E-state index in [2.05, 4.69) is 14.7 Å². The summed E-state index contributed by atoms with van der Waals surface area (Å²) in [5.41, 5.74) is 0.851. The Morgan fingerprint density at radius 2 is 2.15 bits per heavy atom. The molecular formula is C18H14N4O2S2. The standard InChI is InChI=1S/C18H14N4O2S2/c1-2-25-18-21-17(26-22-18)20-16(23)13(11-19)10-14-8-9-15(24-14)12-6-4-3-5-7-12/h3-10H,2H2,1H3,(H,20,21,22,23)/b13-10-. The molecule has 130 valence electrons. The molecule has 0 bridgehead atoms. The molecule has 0 saturated heterocycles. The number of amides is 1. The van der Waals surface area contributed by atoms with Gasteiger partial charge in [0, 0.05) is 23.2 Å². The van der Waals surface area contributed by atoms with Crippen molar-refractivity contribution < 1.29 is 9.21 Å². The molecule has 3 aromatic rings. The lowest BCUT2D eigenvalue weighted by Crippen LogP contribution is -2.13. The van der Waals surface area contributed by atoms with Crippen LogP contribution < -0.4 is 5.32 Å². The van der Waals surface area contributed by atoms with Crippen molar-refractivity contribution in [2.24, 2.45) is 0 Å². The SMILES string of the molecule is CCSc1nsc(NC(=O)/C(C#N)=C\c2ccc(-c3ccccc3)o2)n1. The minimum Gasteiger partial charge on any atom is -0.457 e. The van der Waals surface area contributed by atoms with E-state index in [0.29, 0.717) is 21.8 Å².